The molecule has 21 heavy (non-hydrogen) atoms. The molecule has 1 aromatic heterocycles. The van der Waals surface area contributed by atoms with Crippen molar-refractivity contribution in [1.29, 1.82) is 0 Å². The van der Waals surface area contributed by atoms with Crippen LogP contribution in [0.1, 0.15) is 10.4 Å². The first-order valence-corrected chi connectivity index (χ1v) is 8.35. The Kier molecular flexibility index (Phi) is 5.04. The molecule has 0 spiro atoms. The molecule has 1 aromatic carbocycles. The van der Waals surface area contributed by atoms with Gasteiger partial charge in [0.15, 0.2) is 0 Å². The second-order valence-corrected chi connectivity index (χ2v) is 7.47. The molecule has 0 fully saturated rings. The number of sulfonamides is 1. The molecule has 0 saturated heterocycles. The van der Waals surface area contributed by atoms with Crippen LogP contribution in [-0.4, -0.2) is 20.1 Å². The number of benzene rings is 1. The van der Waals surface area contributed by atoms with Gasteiger partial charge in [0.1, 0.15) is 15.8 Å². The topological polar surface area (TPSA) is 66.4 Å². The molecule has 8 heteroatoms. The van der Waals surface area contributed by atoms with Gasteiger partial charge >= 0.3 is 0 Å². The summed E-state index contributed by atoms with van der Waals surface area (Å²) in [5.74, 6) is -1.39. The number of hydrogen-bond acceptors (Lipinski definition) is 4. The third-order valence-electron chi connectivity index (χ3n) is 2.69. The van der Waals surface area contributed by atoms with Gasteiger partial charge in [-0.15, -0.1) is 11.3 Å². The number of nitrogens with one attached hydrogen (secondary N) is 1. The fraction of sp³-hybridized carbons (Fsp3) is 0.231. The smallest absolute Gasteiger partial charge is 0.250 e. The highest BCUT2D eigenvalue weighted by Crippen LogP contribution is 2.21. The standard InChI is InChI=1S/C13H13F2NO3S2/c14-10-5-9(6-11(15)7-10)3-4-16-21(18,19)13-2-1-12(8-17)20-13/h1-2,5-7,16-17H,3-4,8H2. The average Bonchev–Trinajstić information content (AvgIpc) is 2.86. The zero-order chi connectivity index (χ0) is 15.5. The van der Waals surface area contributed by atoms with Crippen molar-refractivity contribution in [2.45, 2.75) is 17.2 Å². The maximum Gasteiger partial charge on any atom is 0.250 e. The lowest BCUT2D eigenvalue weighted by atomic mass is 10.1. The van der Waals surface area contributed by atoms with Crippen LogP contribution in [0.4, 0.5) is 8.78 Å². The SMILES string of the molecule is O=S(=O)(NCCc1cc(F)cc(F)c1)c1ccc(CO)s1. The second kappa shape index (κ2) is 6.61. The monoisotopic (exact) mass is 333 g/mol. The summed E-state index contributed by atoms with van der Waals surface area (Å²) >= 11 is 0.971. The van der Waals surface area contributed by atoms with Gasteiger partial charge in [0.05, 0.1) is 6.61 Å². The molecule has 0 radical (unpaired) electrons. The van der Waals surface area contributed by atoms with E-state index in [2.05, 4.69) is 4.72 Å². The first kappa shape index (κ1) is 16.0. The van der Waals surface area contributed by atoms with Crippen LogP contribution in [-0.2, 0) is 23.1 Å². The molecule has 1 heterocycles. The van der Waals surface area contributed by atoms with Gasteiger partial charge in [-0.05, 0) is 36.2 Å². The molecular formula is C13H13F2NO3S2. The molecule has 0 aliphatic rings. The molecule has 4 nitrogen and oxygen atoms in total. The Hall–Kier alpha value is -1.35. The summed E-state index contributed by atoms with van der Waals surface area (Å²) in [5.41, 5.74) is 0.373. The van der Waals surface area contributed by atoms with Gasteiger partial charge in [-0.1, -0.05) is 0 Å². The van der Waals surface area contributed by atoms with Gasteiger partial charge in [-0.2, -0.15) is 0 Å². The number of aliphatic hydroxyl groups is 1. The molecule has 0 bridgehead atoms. The minimum absolute atomic E-state index is 0.0254. The van der Waals surface area contributed by atoms with Crippen molar-refractivity contribution in [2.24, 2.45) is 0 Å². The van der Waals surface area contributed by atoms with E-state index in [-0.39, 0.29) is 23.8 Å². The normalized spacial score (nSPS) is 11.8. The van der Waals surface area contributed by atoms with Gasteiger partial charge in [0.2, 0.25) is 10.0 Å². The van der Waals surface area contributed by atoms with Crippen LogP contribution in [0.15, 0.2) is 34.5 Å². The summed E-state index contributed by atoms with van der Waals surface area (Å²) in [6.07, 6.45) is 0.173. The van der Waals surface area contributed by atoms with Gasteiger partial charge in [-0.3, -0.25) is 0 Å². The van der Waals surface area contributed by atoms with E-state index in [1.165, 1.54) is 12.1 Å². The fourth-order valence-corrected chi connectivity index (χ4v) is 4.04. The van der Waals surface area contributed by atoms with Crippen molar-refractivity contribution >= 4 is 21.4 Å². The molecule has 2 rings (SSSR count). The predicted octanol–water partition coefficient (Wildman–Crippen LogP) is 2.04. The number of rotatable bonds is 6. The second-order valence-electron chi connectivity index (χ2n) is 4.30. The van der Waals surface area contributed by atoms with E-state index in [0.717, 1.165) is 29.5 Å². The highest BCUT2D eigenvalue weighted by molar-refractivity contribution is 7.91. The number of hydrogen-bond donors (Lipinski definition) is 2. The molecule has 2 aromatic rings. The van der Waals surface area contributed by atoms with Crippen LogP contribution in [0.5, 0.6) is 0 Å². The van der Waals surface area contributed by atoms with Crippen LogP contribution in [0.25, 0.3) is 0 Å². The summed E-state index contributed by atoms with van der Waals surface area (Å²) in [4.78, 5) is 0.544. The molecular weight excluding hydrogens is 320 g/mol. The Morgan fingerprint density at radius 3 is 2.38 bits per heavy atom. The van der Waals surface area contributed by atoms with E-state index in [9.17, 15) is 17.2 Å². The molecule has 0 saturated carbocycles. The highest BCUT2D eigenvalue weighted by Gasteiger charge is 2.16. The molecule has 114 valence electrons. The maximum absolute atomic E-state index is 13.0. The Bertz CT molecular complexity index is 709. The van der Waals surface area contributed by atoms with Gasteiger partial charge in [0.25, 0.3) is 0 Å². The third-order valence-corrected chi connectivity index (χ3v) is 5.71. The zero-order valence-corrected chi connectivity index (χ0v) is 12.5. The lowest BCUT2D eigenvalue weighted by molar-refractivity contribution is 0.285. The summed E-state index contributed by atoms with van der Waals surface area (Å²) in [5, 5.41) is 8.92. The van der Waals surface area contributed by atoms with E-state index in [1.54, 1.807) is 0 Å². The molecule has 0 atom stereocenters. The predicted molar refractivity (Wildman–Crippen MR) is 75.5 cm³/mol. The lowest BCUT2D eigenvalue weighted by Crippen LogP contribution is -2.25. The Balaban J connectivity index is 1.98. The van der Waals surface area contributed by atoms with Crippen molar-refractivity contribution in [3.8, 4) is 0 Å². The molecule has 0 unspecified atom stereocenters. The van der Waals surface area contributed by atoms with Crippen molar-refractivity contribution < 1.29 is 22.3 Å². The van der Waals surface area contributed by atoms with E-state index in [1.807, 2.05) is 0 Å². The summed E-state index contributed by atoms with van der Waals surface area (Å²) in [6, 6.07) is 6.01. The quantitative estimate of drug-likeness (QED) is 0.850. The summed E-state index contributed by atoms with van der Waals surface area (Å²) < 4.78 is 52.4. The van der Waals surface area contributed by atoms with Gasteiger partial charge in [0, 0.05) is 17.5 Å². The van der Waals surface area contributed by atoms with Crippen LogP contribution in [0.2, 0.25) is 0 Å². The first-order valence-electron chi connectivity index (χ1n) is 6.05. The maximum atomic E-state index is 13.0. The average molecular weight is 333 g/mol. The first-order chi connectivity index (χ1) is 9.90. The van der Waals surface area contributed by atoms with E-state index < -0.39 is 21.7 Å². The molecule has 2 N–H and O–H groups in total. The minimum Gasteiger partial charge on any atom is -0.391 e. The van der Waals surface area contributed by atoms with Crippen molar-refractivity contribution in [3.05, 3.63) is 52.4 Å². The van der Waals surface area contributed by atoms with E-state index in [0.29, 0.717) is 10.4 Å². The fourth-order valence-electron chi connectivity index (χ4n) is 1.74. The Morgan fingerprint density at radius 2 is 1.81 bits per heavy atom. The van der Waals surface area contributed by atoms with Crippen molar-refractivity contribution in [1.82, 2.24) is 4.72 Å². The Labute approximate surface area is 125 Å². The van der Waals surface area contributed by atoms with Crippen LogP contribution in [0.3, 0.4) is 0 Å². The number of halogens is 2. The zero-order valence-electron chi connectivity index (χ0n) is 10.8. The Morgan fingerprint density at radius 1 is 1.14 bits per heavy atom. The molecule has 0 aliphatic heterocycles. The minimum atomic E-state index is -3.67. The molecule has 0 aliphatic carbocycles. The van der Waals surface area contributed by atoms with Gasteiger partial charge < -0.3 is 5.11 Å². The highest BCUT2D eigenvalue weighted by atomic mass is 32.2. The number of aliphatic hydroxyl groups excluding tert-OH is 1. The van der Waals surface area contributed by atoms with E-state index in [4.69, 9.17) is 5.11 Å². The number of thiophene rings is 1. The van der Waals surface area contributed by atoms with Crippen LogP contribution >= 0.6 is 11.3 Å². The lowest BCUT2D eigenvalue weighted by Gasteiger charge is -2.05. The third kappa shape index (κ3) is 4.31. The summed E-state index contributed by atoms with van der Waals surface area (Å²) in [6.45, 7) is -0.194. The molecule has 0 amide bonds. The van der Waals surface area contributed by atoms with Crippen LogP contribution < -0.4 is 4.72 Å². The van der Waals surface area contributed by atoms with Crippen LogP contribution in [0, 0.1) is 11.6 Å². The van der Waals surface area contributed by atoms with Gasteiger partial charge in [-0.25, -0.2) is 21.9 Å². The van der Waals surface area contributed by atoms with Crippen molar-refractivity contribution in [2.75, 3.05) is 6.54 Å². The largest absolute Gasteiger partial charge is 0.391 e. The van der Waals surface area contributed by atoms with E-state index >= 15 is 0 Å². The van der Waals surface area contributed by atoms with Crippen molar-refractivity contribution in [3.63, 3.8) is 0 Å². The summed E-state index contributed by atoms with van der Waals surface area (Å²) in [7, 11) is -3.67.